The summed E-state index contributed by atoms with van der Waals surface area (Å²) in [6, 6.07) is 27.1. The number of hydrogen-bond acceptors (Lipinski definition) is 3. The minimum atomic E-state index is -0.452. The fourth-order valence-corrected chi connectivity index (χ4v) is 3.48. The summed E-state index contributed by atoms with van der Waals surface area (Å²) < 4.78 is 5.15. The van der Waals surface area contributed by atoms with Crippen molar-refractivity contribution in [3.8, 4) is 5.75 Å². The van der Waals surface area contributed by atoms with E-state index < -0.39 is 11.8 Å². The topological polar surface area (TPSA) is 67.4 Å². The number of methoxy groups -OCH3 is 1. The molecule has 0 atom stereocenters. The third-order valence-electron chi connectivity index (χ3n) is 5.07. The fourth-order valence-electron chi connectivity index (χ4n) is 3.36. The van der Waals surface area contributed by atoms with Gasteiger partial charge in [-0.25, -0.2) is 0 Å². The highest BCUT2D eigenvalue weighted by Crippen LogP contribution is 2.22. The fraction of sp³-hybridized carbons (Fsp3) is 0.0370. The molecule has 0 aromatic heterocycles. The predicted octanol–water partition coefficient (Wildman–Crippen LogP) is 5.91. The maximum absolute atomic E-state index is 13.2. The number of anilines is 1. The van der Waals surface area contributed by atoms with Crippen LogP contribution < -0.4 is 15.4 Å². The first kappa shape index (κ1) is 22.1. The average molecular weight is 457 g/mol. The second-order valence-electron chi connectivity index (χ2n) is 7.27. The molecule has 0 aliphatic rings. The molecule has 4 rings (SSSR count). The molecule has 0 saturated heterocycles. The van der Waals surface area contributed by atoms with Crippen LogP contribution >= 0.6 is 11.6 Å². The molecule has 0 bridgehead atoms. The molecule has 0 radical (unpaired) electrons. The van der Waals surface area contributed by atoms with Crippen LogP contribution in [-0.2, 0) is 4.79 Å². The zero-order chi connectivity index (χ0) is 23.2. The summed E-state index contributed by atoms with van der Waals surface area (Å²) in [6.45, 7) is 0. The van der Waals surface area contributed by atoms with Gasteiger partial charge in [-0.2, -0.15) is 0 Å². The zero-order valence-corrected chi connectivity index (χ0v) is 18.6. The Kier molecular flexibility index (Phi) is 6.72. The van der Waals surface area contributed by atoms with Gasteiger partial charge >= 0.3 is 0 Å². The standard InChI is InChI=1S/C27H21ClN2O3/c1-33-23-15-9-19(10-16-23)26(31)30-25(27(32)29-22-13-11-21(28)12-14-22)17-20-7-4-6-18-5-2-3-8-24(18)20/h2-17H,1H3,(H,29,32)(H,30,31)/b25-17+. The summed E-state index contributed by atoms with van der Waals surface area (Å²) in [5.74, 6) is -0.221. The van der Waals surface area contributed by atoms with Crippen LogP contribution in [0.4, 0.5) is 5.69 Å². The van der Waals surface area contributed by atoms with Gasteiger partial charge in [0.2, 0.25) is 0 Å². The Hall–Kier alpha value is -4.09. The number of amides is 2. The van der Waals surface area contributed by atoms with Gasteiger partial charge in [0.1, 0.15) is 11.4 Å². The lowest BCUT2D eigenvalue weighted by atomic mass is 10.0. The lowest BCUT2D eigenvalue weighted by Gasteiger charge is -2.12. The van der Waals surface area contributed by atoms with Crippen LogP contribution in [-0.4, -0.2) is 18.9 Å². The Morgan fingerprint density at radius 1 is 0.848 bits per heavy atom. The van der Waals surface area contributed by atoms with Crippen LogP contribution in [0.2, 0.25) is 5.02 Å². The van der Waals surface area contributed by atoms with E-state index in [1.807, 2.05) is 42.5 Å². The Labute approximate surface area is 196 Å². The summed E-state index contributed by atoms with van der Waals surface area (Å²) in [5.41, 5.74) is 1.89. The number of ether oxygens (including phenoxy) is 1. The van der Waals surface area contributed by atoms with E-state index >= 15 is 0 Å². The van der Waals surface area contributed by atoms with E-state index in [1.165, 1.54) is 0 Å². The van der Waals surface area contributed by atoms with E-state index in [0.717, 1.165) is 16.3 Å². The molecular weight excluding hydrogens is 436 g/mol. The Morgan fingerprint density at radius 3 is 2.27 bits per heavy atom. The molecule has 2 N–H and O–H groups in total. The highest BCUT2D eigenvalue weighted by molar-refractivity contribution is 6.30. The minimum Gasteiger partial charge on any atom is -0.497 e. The van der Waals surface area contributed by atoms with Crippen LogP contribution in [0, 0.1) is 0 Å². The minimum absolute atomic E-state index is 0.113. The van der Waals surface area contributed by atoms with Gasteiger partial charge in [-0.05, 0) is 70.9 Å². The molecule has 0 saturated carbocycles. The largest absolute Gasteiger partial charge is 0.497 e. The summed E-state index contributed by atoms with van der Waals surface area (Å²) in [4.78, 5) is 26.1. The first-order valence-electron chi connectivity index (χ1n) is 10.3. The smallest absolute Gasteiger partial charge is 0.272 e. The lowest BCUT2D eigenvalue weighted by molar-refractivity contribution is -0.113. The molecule has 164 valence electrons. The van der Waals surface area contributed by atoms with Crippen LogP contribution in [0.25, 0.3) is 16.8 Å². The molecule has 0 aliphatic carbocycles. The normalized spacial score (nSPS) is 11.2. The van der Waals surface area contributed by atoms with Gasteiger partial charge in [0.15, 0.2) is 0 Å². The molecule has 0 fully saturated rings. The van der Waals surface area contributed by atoms with Crippen molar-refractivity contribution in [1.29, 1.82) is 0 Å². The molecule has 6 heteroatoms. The summed E-state index contributed by atoms with van der Waals surface area (Å²) in [6.07, 6.45) is 1.68. The summed E-state index contributed by atoms with van der Waals surface area (Å²) in [5, 5.41) is 8.13. The molecule has 4 aromatic carbocycles. The van der Waals surface area contributed by atoms with Gasteiger partial charge in [0.05, 0.1) is 7.11 Å². The number of rotatable bonds is 6. The average Bonchev–Trinajstić information content (AvgIpc) is 2.85. The molecule has 0 unspecified atom stereocenters. The SMILES string of the molecule is COc1ccc(C(=O)N/C(=C/c2cccc3ccccc23)C(=O)Nc2ccc(Cl)cc2)cc1. The molecule has 0 heterocycles. The van der Waals surface area contributed by atoms with Crippen molar-refractivity contribution < 1.29 is 14.3 Å². The quantitative estimate of drug-likeness (QED) is 0.354. The molecule has 5 nitrogen and oxygen atoms in total. The predicted molar refractivity (Wildman–Crippen MR) is 132 cm³/mol. The Morgan fingerprint density at radius 2 is 1.55 bits per heavy atom. The van der Waals surface area contributed by atoms with Crippen LogP contribution in [0.3, 0.4) is 0 Å². The number of carbonyl (C=O) groups excluding carboxylic acids is 2. The van der Waals surface area contributed by atoms with E-state index in [9.17, 15) is 9.59 Å². The molecule has 4 aromatic rings. The van der Waals surface area contributed by atoms with Gasteiger partial charge in [-0.15, -0.1) is 0 Å². The van der Waals surface area contributed by atoms with E-state index in [4.69, 9.17) is 16.3 Å². The van der Waals surface area contributed by atoms with Crippen molar-refractivity contribution in [2.45, 2.75) is 0 Å². The highest BCUT2D eigenvalue weighted by Gasteiger charge is 2.16. The van der Waals surface area contributed by atoms with Crippen molar-refractivity contribution in [3.63, 3.8) is 0 Å². The first-order chi connectivity index (χ1) is 16.0. The van der Waals surface area contributed by atoms with Gasteiger partial charge in [0.25, 0.3) is 11.8 Å². The van der Waals surface area contributed by atoms with E-state index in [-0.39, 0.29) is 5.70 Å². The van der Waals surface area contributed by atoms with E-state index in [0.29, 0.717) is 22.0 Å². The van der Waals surface area contributed by atoms with Gasteiger partial charge in [0, 0.05) is 16.3 Å². The van der Waals surface area contributed by atoms with Gasteiger partial charge in [-0.1, -0.05) is 54.1 Å². The third kappa shape index (κ3) is 5.40. The van der Waals surface area contributed by atoms with Crippen LogP contribution in [0.15, 0.2) is 96.7 Å². The lowest BCUT2D eigenvalue weighted by Crippen LogP contribution is -2.30. The summed E-state index contributed by atoms with van der Waals surface area (Å²) in [7, 11) is 1.56. The number of benzene rings is 4. The molecule has 2 amide bonds. The van der Waals surface area contributed by atoms with Crippen molar-refractivity contribution in [2.24, 2.45) is 0 Å². The van der Waals surface area contributed by atoms with Crippen molar-refractivity contribution in [2.75, 3.05) is 12.4 Å². The van der Waals surface area contributed by atoms with Crippen molar-refractivity contribution in [3.05, 3.63) is 113 Å². The number of carbonyl (C=O) groups is 2. The Balaban J connectivity index is 1.69. The van der Waals surface area contributed by atoms with Crippen molar-refractivity contribution in [1.82, 2.24) is 5.32 Å². The van der Waals surface area contributed by atoms with Gasteiger partial charge < -0.3 is 15.4 Å². The second kappa shape index (κ2) is 10.0. The maximum Gasteiger partial charge on any atom is 0.272 e. The second-order valence-corrected chi connectivity index (χ2v) is 7.71. The van der Waals surface area contributed by atoms with E-state index in [2.05, 4.69) is 10.6 Å². The number of fused-ring (bicyclic) bond motifs is 1. The molecular formula is C27H21ClN2O3. The third-order valence-corrected chi connectivity index (χ3v) is 5.32. The van der Waals surface area contributed by atoms with E-state index in [1.54, 1.807) is 61.7 Å². The molecule has 33 heavy (non-hydrogen) atoms. The number of halogens is 1. The van der Waals surface area contributed by atoms with Gasteiger partial charge in [-0.3, -0.25) is 9.59 Å². The van der Waals surface area contributed by atoms with Crippen LogP contribution in [0.1, 0.15) is 15.9 Å². The monoisotopic (exact) mass is 456 g/mol. The number of hydrogen-bond donors (Lipinski definition) is 2. The molecule has 0 spiro atoms. The Bertz CT molecular complexity index is 1320. The van der Waals surface area contributed by atoms with Crippen LogP contribution in [0.5, 0.6) is 5.75 Å². The number of nitrogens with one attached hydrogen (secondary N) is 2. The highest BCUT2D eigenvalue weighted by atomic mass is 35.5. The summed E-state index contributed by atoms with van der Waals surface area (Å²) >= 11 is 5.94. The first-order valence-corrected chi connectivity index (χ1v) is 10.6. The van der Waals surface area contributed by atoms with Crippen molar-refractivity contribution >= 4 is 46.0 Å². The molecule has 0 aliphatic heterocycles. The zero-order valence-electron chi connectivity index (χ0n) is 17.8. The maximum atomic E-state index is 13.2.